The van der Waals surface area contributed by atoms with Crippen LogP contribution in [-0.2, 0) is 0 Å². The summed E-state index contributed by atoms with van der Waals surface area (Å²) in [5.74, 6) is 1.09. The maximum absolute atomic E-state index is 8.57. The van der Waals surface area contributed by atoms with E-state index in [1.807, 2.05) is 13.0 Å². The molecule has 0 radical (unpaired) electrons. The highest BCUT2D eigenvalue weighted by Gasteiger charge is 2.05. The van der Waals surface area contributed by atoms with Gasteiger partial charge >= 0.3 is 0 Å². The summed E-state index contributed by atoms with van der Waals surface area (Å²) in [5.41, 5.74) is 0.320. The van der Waals surface area contributed by atoms with Gasteiger partial charge in [0.15, 0.2) is 11.5 Å². The highest BCUT2D eigenvalue weighted by molar-refractivity contribution is 5.41. The van der Waals surface area contributed by atoms with E-state index in [1.54, 1.807) is 6.07 Å². The van der Waals surface area contributed by atoms with Gasteiger partial charge in [0.05, 0.1) is 19.9 Å². The van der Waals surface area contributed by atoms with E-state index in [4.69, 9.17) is 14.7 Å². The molecule has 1 aromatic heterocycles. The van der Waals surface area contributed by atoms with Crippen LogP contribution in [0.4, 0.5) is 0 Å². The van der Waals surface area contributed by atoms with E-state index >= 15 is 0 Å². The van der Waals surface area contributed by atoms with E-state index in [9.17, 15) is 0 Å². The van der Waals surface area contributed by atoms with Crippen molar-refractivity contribution in [3.8, 4) is 17.6 Å². The van der Waals surface area contributed by atoms with Crippen molar-refractivity contribution >= 4 is 0 Å². The standard InChI is InChI=1S/C9H10N2O2/c1-3-13-9-6-11-7(5-10)4-8(9)12-2/h4,6H,3H2,1-2H3. The monoisotopic (exact) mass is 178 g/mol. The third kappa shape index (κ3) is 2.09. The number of ether oxygens (including phenoxy) is 2. The summed E-state index contributed by atoms with van der Waals surface area (Å²) in [4.78, 5) is 3.86. The first-order chi connectivity index (χ1) is 6.31. The Morgan fingerprint density at radius 1 is 1.54 bits per heavy atom. The Morgan fingerprint density at radius 2 is 2.31 bits per heavy atom. The van der Waals surface area contributed by atoms with Gasteiger partial charge in [-0.2, -0.15) is 5.26 Å². The second kappa shape index (κ2) is 4.31. The first-order valence-corrected chi connectivity index (χ1v) is 3.88. The average Bonchev–Trinajstić information content (AvgIpc) is 2.19. The van der Waals surface area contributed by atoms with Crippen molar-refractivity contribution in [2.75, 3.05) is 13.7 Å². The molecule has 0 fully saturated rings. The maximum atomic E-state index is 8.57. The first kappa shape index (κ1) is 9.33. The fourth-order valence-corrected chi connectivity index (χ4v) is 0.909. The van der Waals surface area contributed by atoms with Gasteiger partial charge in [-0.3, -0.25) is 0 Å². The molecule has 0 atom stereocenters. The Morgan fingerprint density at radius 3 is 2.85 bits per heavy atom. The number of aromatic nitrogens is 1. The summed E-state index contributed by atoms with van der Waals surface area (Å²) in [6.07, 6.45) is 1.49. The van der Waals surface area contributed by atoms with Crippen LogP contribution in [0.15, 0.2) is 12.3 Å². The molecule has 4 heteroatoms. The summed E-state index contributed by atoms with van der Waals surface area (Å²) in [7, 11) is 1.53. The van der Waals surface area contributed by atoms with E-state index in [2.05, 4.69) is 4.98 Å². The van der Waals surface area contributed by atoms with Gasteiger partial charge in [0.1, 0.15) is 11.8 Å². The molecule has 0 amide bonds. The van der Waals surface area contributed by atoms with Crippen molar-refractivity contribution < 1.29 is 9.47 Å². The van der Waals surface area contributed by atoms with Crippen molar-refractivity contribution in [2.24, 2.45) is 0 Å². The van der Waals surface area contributed by atoms with Gasteiger partial charge in [-0.15, -0.1) is 0 Å². The van der Waals surface area contributed by atoms with Crippen molar-refractivity contribution in [1.82, 2.24) is 4.98 Å². The number of hydrogen-bond acceptors (Lipinski definition) is 4. The molecule has 1 aromatic rings. The Bertz CT molecular complexity index is 331. The Kier molecular flexibility index (Phi) is 3.09. The zero-order valence-electron chi connectivity index (χ0n) is 7.57. The van der Waals surface area contributed by atoms with Crippen LogP contribution in [0.1, 0.15) is 12.6 Å². The molecular weight excluding hydrogens is 168 g/mol. The predicted octanol–water partition coefficient (Wildman–Crippen LogP) is 1.36. The summed E-state index contributed by atoms with van der Waals surface area (Å²) < 4.78 is 10.3. The van der Waals surface area contributed by atoms with E-state index in [1.165, 1.54) is 13.3 Å². The van der Waals surface area contributed by atoms with Crippen LogP contribution < -0.4 is 9.47 Å². The van der Waals surface area contributed by atoms with Gasteiger partial charge < -0.3 is 9.47 Å². The highest BCUT2D eigenvalue weighted by atomic mass is 16.5. The van der Waals surface area contributed by atoms with Crippen LogP contribution in [0.25, 0.3) is 0 Å². The Balaban J connectivity index is 3.02. The van der Waals surface area contributed by atoms with E-state index < -0.39 is 0 Å². The number of hydrogen-bond donors (Lipinski definition) is 0. The number of methoxy groups -OCH3 is 1. The van der Waals surface area contributed by atoms with Crippen LogP contribution in [0.2, 0.25) is 0 Å². The summed E-state index contributed by atoms with van der Waals surface area (Å²) >= 11 is 0. The molecular formula is C9H10N2O2. The molecule has 0 aliphatic carbocycles. The van der Waals surface area contributed by atoms with Gasteiger partial charge in [0.25, 0.3) is 0 Å². The SMILES string of the molecule is CCOc1cnc(C#N)cc1OC. The molecule has 0 spiro atoms. The number of pyridine rings is 1. The van der Waals surface area contributed by atoms with E-state index in [0.717, 1.165) is 0 Å². The fourth-order valence-electron chi connectivity index (χ4n) is 0.909. The molecule has 4 nitrogen and oxygen atoms in total. The fraction of sp³-hybridized carbons (Fsp3) is 0.333. The van der Waals surface area contributed by atoms with E-state index in [0.29, 0.717) is 23.8 Å². The largest absolute Gasteiger partial charge is 0.493 e. The lowest BCUT2D eigenvalue weighted by Crippen LogP contribution is -1.97. The summed E-state index contributed by atoms with van der Waals surface area (Å²) in [6, 6.07) is 3.47. The van der Waals surface area contributed by atoms with Crippen molar-refractivity contribution in [3.05, 3.63) is 18.0 Å². The van der Waals surface area contributed by atoms with Crippen LogP contribution in [0.5, 0.6) is 11.5 Å². The van der Waals surface area contributed by atoms with Gasteiger partial charge in [-0.1, -0.05) is 0 Å². The molecule has 1 rings (SSSR count). The minimum Gasteiger partial charge on any atom is -0.493 e. The number of nitrogens with zero attached hydrogens (tertiary/aromatic N) is 2. The van der Waals surface area contributed by atoms with Crippen molar-refractivity contribution in [1.29, 1.82) is 5.26 Å². The lowest BCUT2D eigenvalue weighted by atomic mass is 10.3. The lowest BCUT2D eigenvalue weighted by molar-refractivity contribution is 0.309. The van der Waals surface area contributed by atoms with Crippen molar-refractivity contribution in [3.63, 3.8) is 0 Å². The number of rotatable bonds is 3. The van der Waals surface area contributed by atoms with Crippen LogP contribution in [-0.4, -0.2) is 18.7 Å². The minimum absolute atomic E-state index is 0.320. The molecule has 0 bridgehead atoms. The first-order valence-electron chi connectivity index (χ1n) is 3.88. The van der Waals surface area contributed by atoms with Crippen LogP contribution >= 0.6 is 0 Å². The number of nitriles is 1. The zero-order valence-corrected chi connectivity index (χ0v) is 7.57. The molecule has 0 aliphatic rings. The van der Waals surface area contributed by atoms with Crippen LogP contribution in [0.3, 0.4) is 0 Å². The molecule has 68 valence electrons. The molecule has 0 N–H and O–H groups in total. The molecule has 0 unspecified atom stereocenters. The Hall–Kier alpha value is -1.76. The van der Waals surface area contributed by atoms with Crippen molar-refractivity contribution in [2.45, 2.75) is 6.92 Å². The molecule has 0 saturated carbocycles. The molecule has 0 aromatic carbocycles. The second-order valence-electron chi connectivity index (χ2n) is 2.27. The van der Waals surface area contributed by atoms with Gasteiger partial charge in [-0.25, -0.2) is 4.98 Å². The third-order valence-electron chi connectivity index (χ3n) is 1.47. The molecule has 0 aliphatic heterocycles. The van der Waals surface area contributed by atoms with Gasteiger partial charge in [0.2, 0.25) is 0 Å². The minimum atomic E-state index is 0.320. The quantitative estimate of drug-likeness (QED) is 0.701. The Labute approximate surface area is 76.7 Å². The average molecular weight is 178 g/mol. The summed E-state index contributed by atoms with van der Waals surface area (Å²) in [5, 5.41) is 8.57. The zero-order chi connectivity index (χ0) is 9.68. The lowest BCUT2D eigenvalue weighted by Gasteiger charge is -2.07. The van der Waals surface area contributed by atoms with E-state index in [-0.39, 0.29) is 0 Å². The molecule has 1 heterocycles. The van der Waals surface area contributed by atoms with Crippen LogP contribution in [0, 0.1) is 11.3 Å². The molecule has 0 saturated heterocycles. The topological polar surface area (TPSA) is 55.1 Å². The maximum Gasteiger partial charge on any atom is 0.179 e. The van der Waals surface area contributed by atoms with Gasteiger partial charge in [0, 0.05) is 6.07 Å². The smallest absolute Gasteiger partial charge is 0.179 e. The predicted molar refractivity (Wildman–Crippen MR) is 46.7 cm³/mol. The second-order valence-corrected chi connectivity index (χ2v) is 2.27. The molecule has 13 heavy (non-hydrogen) atoms. The highest BCUT2D eigenvalue weighted by Crippen LogP contribution is 2.25. The van der Waals surface area contributed by atoms with Gasteiger partial charge in [-0.05, 0) is 6.92 Å². The summed E-state index contributed by atoms with van der Waals surface area (Å²) in [6.45, 7) is 2.42. The third-order valence-corrected chi connectivity index (χ3v) is 1.47. The normalized spacial score (nSPS) is 9.00.